The quantitative estimate of drug-likeness (QED) is 0.867. The molecule has 1 aromatic heterocycles. The summed E-state index contributed by atoms with van der Waals surface area (Å²) in [6, 6.07) is 8.62. The van der Waals surface area contributed by atoms with E-state index >= 15 is 0 Å². The van der Waals surface area contributed by atoms with Gasteiger partial charge in [0.05, 0.1) is 25.0 Å². The van der Waals surface area contributed by atoms with Crippen LogP contribution >= 0.6 is 11.8 Å². The van der Waals surface area contributed by atoms with Crippen LogP contribution in [0.15, 0.2) is 41.5 Å². The minimum atomic E-state index is -0.831. The lowest BCUT2D eigenvalue weighted by molar-refractivity contribution is -0.0836. The van der Waals surface area contributed by atoms with Gasteiger partial charge in [-0.3, -0.25) is 0 Å². The molecule has 27 heavy (non-hydrogen) atoms. The summed E-state index contributed by atoms with van der Waals surface area (Å²) >= 11 is 1.51. The highest BCUT2D eigenvalue weighted by molar-refractivity contribution is 8.13. The number of thioether (sulfide) groups is 1. The molecule has 3 heterocycles. The molecular formula is C19H21FN4O2S. The van der Waals surface area contributed by atoms with Gasteiger partial charge in [0.2, 0.25) is 0 Å². The van der Waals surface area contributed by atoms with Crippen molar-refractivity contribution >= 4 is 16.9 Å². The second kappa shape index (κ2) is 7.53. The van der Waals surface area contributed by atoms with Crippen molar-refractivity contribution in [3.8, 4) is 11.3 Å². The molecule has 0 unspecified atom stereocenters. The zero-order valence-corrected chi connectivity index (χ0v) is 15.8. The Kier molecular flexibility index (Phi) is 5.12. The number of aromatic nitrogens is 2. The fourth-order valence-electron chi connectivity index (χ4n) is 3.82. The van der Waals surface area contributed by atoms with Crippen molar-refractivity contribution in [2.75, 3.05) is 26.1 Å². The lowest BCUT2D eigenvalue weighted by Crippen LogP contribution is -2.51. The first kappa shape index (κ1) is 18.3. The van der Waals surface area contributed by atoms with Crippen LogP contribution in [0.1, 0.15) is 12.0 Å². The molecule has 0 bridgehead atoms. The number of methoxy groups -OCH3 is 1. The van der Waals surface area contributed by atoms with Crippen LogP contribution < -0.4 is 5.73 Å². The minimum Gasteiger partial charge on any atom is -0.382 e. The Morgan fingerprint density at radius 1 is 1.41 bits per heavy atom. The number of nitrogens with two attached hydrogens (primary N) is 1. The second-order valence-electron chi connectivity index (χ2n) is 6.81. The van der Waals surface area contributed by atoms with Crippen molar-refractivity contribution in [3.05, 3.63) is 47.9 Å². The molecule has 0 saturated carbocycles. The maximum Gasteiger partial charge on any atom is 0.154 e. The Bertz CT molecular complexity index is 851. The Morgan fingerprint density at radius 2 is 2.30 bits per heavy atom. The van der Waals surface area contributed by atoms with Gasteiger partial charge in [0, 0.05) is 36.1 Å². The summed E-state index contributed by atoms with van der Waals surface area (Å²) in [6.07, 6.45) is 2.33. The molecule has 1 fully saturated rings. The zero-order chi connectivity index (χ0) is 18.9. The molecular weight excluding hydrogens is 367 g/mol. The molecule has 6 nitrogen and oxygen atoms in total. The molecule has 0 spiro atoms. The van der Waals surface area contributed by atoms with E-state index in [9.17, 15) is 4.39 Å². The van der Waals surface area contributed by atoms with Crippen LogP contribution in [0.2, 0.25) is 0 Å². The monoisotopic (exact) mass is 388 g/mol. The molecule has 0 amide bonds. The molecule has 4 rings (SSSR count). The molecule has 1 saturated heterocycles. The van der Waals surface area contributed by atoms with Crippen LogP contribution in [0.25, 0.3) is 11.3 Å². The summed E-state index contributed by atoms with van der Waals surface area (Å²) in [6.45, 7) is 0.784. The van der Waals surface area contributed by atoms with E-state index in [1.165, 1.54) is 17.8 Å². The maximum atomic E-state index is 15.0. The van der Waals surface area contributed by atoms with E-state index in [4.69, 9.17) is 20.2 Å². The van der Waals surface area contributed by atoms with E-state index in [-0.39, 0.29) is 24.4 Å². The number of hydrogen-bond acceptors (Lipinski definition) is 7. The Morgan fingerprint density at radius 3 is 3.07 bits per heavy atom. The SMILES string of the molecule is COC[C@H]1C[C@H]2CSC(N)=N[C@@]2(c2cc(-c3cccnn3)ccc2F)CO1. The van der Waals surface area contributed by atoms with Gasteiger partial charge in [-0.15, -0.1) is 0 Å². The van der Waals surface area contributed by atoms with Crippen LogP contribution in [0, 0.1) is 11.7 Å². The molecule has 2 aromatic rings. The predicted molar refractivity (Wildman–Crippen MR) is 103 cm³/mol. The van der Waals surface area contributed by atoms with Gasteiger partial charge >= 0.3 is 0 Å². The summed E-state index contributed by atoms with van der Waals surface area (Å²) in [4.78, 5) is 4.71. The first-order valence-corrected chi connectivity index (χ1v) is 9.77. The number of hydrogen-bond donors (Lipinski definition) is 1. The number of aliphatic imine (C=N–C) groups is 1. The highest BCUT2D eigenvalue weighted by Crippen LogP contribution is 2.47. The van der Waals surface area contributed by atoms with Crippen LogP contribution in [0.5, 0.6) is 0 Å². The largest absolute Gasteiger partial charge is 0.382 e. The second-order valence-corrected chi connectivity index (χ2v) is 7.85. The molecule has 1 aromatic carbocycles. The number of nitrogens with zero attached hydrogens (tertiary/aromatic N) is 3. The van der Waals surface area contributed by atoms with E-state index in [1.54, 1.807) is 31.5 Å². The average Bonchev–Trinajstić information content (AvgIpc) is 2.69. The van der Waals surface area contributed by atoms with Crippen molar-refractivity contribution in [3.63, 3.8) is 0 Å². The van der Waals surface area contributed by atoms with Crippen molar-refractivity contribution < 1.29 is 13.9 Å². The van der Waals surface area contributed by atoms with E-state index in [2.05, 4.69) is 10.2 Å². The average molecular weight is 388 g/mol. The van der Waals surface area contributed by atoms with Crippen LogP contribution in [-0.4, -0.2) is 47.5 Å². The van der Waals surface area contributed by atoms with Crippen molar-refractivity contribution in [1.82, 2.24) is 10.2 Å². The van der Waals surface area contributed by atoms with E-state index in [0.29, 0.717) is 23.0 Å². The summed E-state index contributed by atoms with van der Waals surface area (Å²) in [5.41, 5.74) is 7.18. The van der Waals surface area contributed by atoms with Crippen molar-refractivity contribution in [2.24, 2.45) is 16.6 Å². The van der Waals surface area contributed by atoms with E-state index < -0.39 is 5.54 Å². The zero-order valence-electron chi connectivity index (χ0n) is 15.0. The number of ether oxygens (including phenoxy) is 2. The summed E-state index contributed by atoms with van der Waals surface area (Å²) in [5, 5.41) is 8.51. The third kappa shape index (κ3) is 3.44. The Balaban J connectivity index is 1.78. The van der Waals surface area contributed by atoms with Gasteiger partial charge < -0.3 is 15.2 Å². The highest BCUT2D eigenvalue weighted by atomic mass is 32.2. The topological polar surface area (TPSA) is 82.6 Å². The molecule has 2 N–H and O–H groups in total. The number of rotatable bonds is 4. The standard InChI is InChI=1S/C19H21FN4O2S/c1-25-9-14-8-13-10-27-18(21)23-19(13,11-26-14)15-7-12(4-5-16(15)20)17-3-2-6-22-24-17/h2-7,13-14H,8-11H2,1H3,(H2,21,23)/t13-,14+,19-/m0/s1. The van der Waals surface area contributed by atoms with Gasteiger partial charge in [-0.05, 0) is 36.8 Å². The molecule has 0 radical (unpaired) electrons. The first-order valence-electron chi connectivity index (χ1n) is 8.79. The first-order chi connectivity index (χ1) is 13.1. The fraction of sp³-hybridized carbons (Fsp3) is 0.421. The number of benzene rings is 1. The number of amidine groups is 1. The summed E-state index contributed by atoms with van der Waals surface area (Å²) in [5.74, 6) is 0.563. The lowest BCUT2D eigenvalue weighted by Gasteiger charge is -2.46. The third-order valence-corrected chi connectivity index (χ3v) is 6.11. The highest BCUT2D eigenvalue weighted by Gasteiger charge is 2.49. The Hall–Kier alpha value is -2.03. The van der Waals surface area contributed by atoms with Crippen molar-refractivity contribution in [1.29, 1.82) is 0 Å². The molecule has 2 aliphatic rings. The van der Waals surface area contributed by atoms with Crippen LogP contribution in [0.4, 0.5) is 4.39 Å². The number of halogens is 1. The molecule has 2 aliphatic heterocycles. The van der Waals surface area contributed by atoms with Crippen LogP contribution in [-0.2, 0) is 15.0 Å². The lowest BCUT2D eigenvalue weighted by atomic mass is 9.74. The molecule has 8 heteroatoms. The van der Waals surface area contributed by atoms with Crippen LogP contribution in [0.3, 0.4) is 0 Å². The van der Waals surface area contributed by atoms with E-state index in [0.717, 1.165) is 17.7 Å². The van der Waals surface area contributed by atoms with Gasteiger partial charge in [0.15, 0.2) is 5.17 Å². The minimum absolute atomic E-state index is 0.0190. The fourth-order valence-corrected chi connectivity index (χ4v) is 4.83. The van der Waals surface area contributed by atoms with Gasteiger partial charge in [0.25, 0.3) is 0 Å². The molecule has 3 atom stereocenters. The van der Waals surface area contributed by atoms with Gasteiger partial charge in [0.1, 0.15) is 11.4 Å². The van der Waals surface area contributed by atoms with E-state index in [1.807, 2.05) is 6.07 Å². The Labute approximate surface area is 161 Å². The smallest absolute Gasteiger partial charge is 0.154 e. The normalized spacial score (nSPS) is 27.7. The van der Waals surface area contributed by atoms with Gasteiger partial charge in [-0.25, -0.2) is 9.38 Å². The maximum absolute atomic E-state index is 15.0. The number of fused-ring (bicyclic) bond motifs is 1. The summed E-state index contributed by atoms with van der Waals surface area (Å²) in [7, 11) is 1.65. The van der Waals surface area contributed by atoms with Crippen molar-refractivity contribution in [2.45, 2.75) is 18.1 Å². The molecule has 142 valence electrons. The predicted octanol–water partition coefficient (Wildman–Crippen LogP) is 2.59. The summed E-state index contributed by atoms with van der Waals surface area (Å²) < 4.78 is 26.2. The third-order valence-electron chi connectivity index (χ3n) is 5.16. The van der Waals surface area contributed by atoms with Gasteiger partial charge in [-0.2, -0.15) is 10.2 Å². The molecule has 0 aliphatic carbocycles. The van der Waals surface area contributed by atoms with Gasteiger partial charge in [-0.1, -0.05) is 11.8 Å².